The lowest BCUT2D eigenvalue weighted by Gasteiger charge is -2.25. The van der Waals surface area contributed by atoms with Gasteiger partial charge in [0.1, 0.15) is 5.82 Å². The molecular formula is C17H26FNO2. The van der Waals surface area contributed by atoms with Gasteiger partial charge in [0.25, 0.3) is 0 Å². The summed E-state index contributed by atoms with van der Waals surface area (Å²) in [6.45, 7) is 8.06. The number of halogens is 1. The largest absolute Gasteiger partial charge is 0.478 e. The van der Waals surface area contributed by atoms with Crippen LogP contribution in [-0.2, 0) is 6.54 Å². The second kappa shape index (κ2) is 8.13. The van der Waals surface area contributed by atoms with E-state index in [0.717, 1.165) is 12.1 Å². The van der Waals surface area contributed by atoms with Crippen molar-refractivity contribution in [3.8, 4) is 0 Å². The highest BCUT2D eigenvalue weighted by atomic mass is 19.1. The lowest BCUT2D eigenvalue weighted by atomic mass is 9.87. The summed E-state index contributed by atoms with van der Waals surface area (Å²) in [6, 6.07) is 4.27. The molecule has 0 amide bonds. The summed E-state index contributed by atoms with van der Waals surface area (Å²) in [4.78, 5) is 10.7. The number of benzene rings is 1. The van der Waals surface area contributed by atoms with Crippen molar-refractivity contribution < 1.29 is 14.3 Å². The fourth-order valence-corrected chi connectivity index (χ4v) is 2.33. The molecule has 0 bridgehead atoms. The van der Waals surface area contributed by atoms with Gasteiger partial charge in [-0.05, 0) is 29.5 Å². The minimum absolute atomic E-state index is 0.217. The molecule has 21 heavy (non-hydrogen) atoms. The van der Waals surface area contributed by atoms with Gasteiger partial charge in [0.2, 0.25) is 0 Å². The van der Waals surface area contributed by atoms with Crippen LogP contribution in [0.15, 0.2) is 18.2 Å². The second-order valence-corrected chi connectivity index (χ2v) is 6.34. The molecule has 0 aliphatic carbocycles. The van der Waals surface area contributed by atoms with Gasteiger partial charge < -0.3 is 10.4 Å². The Morgan fingerprint density at radius 3 is 2.62 bits per heavy atom. The fraction of sp³-hybridized carbons (Fsp3) is 0.588. The highest BCUT2D eigenvalue weighted by Crippen LogP contribution is 2.22. The third-order valence-corrected chi connectivity index (χ3v) is 3.65. The Morgan fingerprint density at radius 1 is 1.33 bits per heavy atom. The molecule has 0 atom stereocenters. The molecule has 0 aromatic heterocycles. The molecule has 2 N–H and O–H groups in total. The van der Waals surface area contributed by atoms with Crippen molar-refractivity contribution >= 4 is 5.97 Å². The zero-order valence-electron chi connectivity index (χ0n) is 13.2. The van der Waals surface area contributed by atoms with Crippen LogP contribution in [-0.4, -0.2) is 17.6 Å². The Balaban J connectivity index is 2.45. The molecule has 0 fully saturated rings. The number of carboxylic acids is 1. The van der Waals surface area contributed by atoms with Gasteiger partial charge in [-0.1, -0.05) is 46.1 Å². The van der Waals surface area contributed by atoms with Crippen molar-refractivity contribution in [3.63, 3.8) is 0 Å². The van der Waals surface area contributed by atoms with E-state index in [1.165, 1.54) is 37.8 Å². The van der Waals surface area contributed by atoms with Crippen LogP contribution in [0.3, 0.4) is 0 Å². The molecule has 1 rings (SSSR count). The SMILES string of the molecule is CCCCCC(C)(C)CNCc1ccc(C(=O)O)c(F)c1. The Bertz CT molecular complexity index is 472. The summed E-state index contributed by atoms with van der Waals surface area (Å²) in [5, 5.41) is 12.1. The Kier molecular flexibility index (Phi) is 6.82. The van der Waals surface area contributed by atoms with Crippen molar-refractivity contribution in [2.24, 2.45) is 5.41 Å². The van der Waals surface area contributed by atoms with E-state index in [2.05, 4.69) is 26.1 Å². The molecule has 3 nitrogen and oxygen atoms in total. The number of hydrogen-bond acceptors (Lipinski definition) is 2. The molecule has 4 heteroatoms. The predicted octanol–water partition coefficient (Wildman–Crippen LogP) is 4.22. The molecule has 0 saturated heterocycles. The summed E-state index contributed by atoms with van der Waals surface area (Å²) in [5.41, 5.74) is 0.704. The summed E-state index contributed by atoms with van der Waals surface area (Å²) in [5.74, 6) is -1.91. The number of unbranched alkanes of at least 4 members (excludes halogenated alkanes) is 2. The minimum atomic E-state index is -1.23. The normalized spacial score (nSPS) is 11.6. The predicted molar refractivity (Wildman–Crippen MR) is 83.0 cm³/mol. The second-order valence-electron chi connectivity index (χ2n) is 6.34. The number of aromatic carboxylic acids is 1. The Morgan fingerprint density at radius 2 is 2.05 bits per heavy atom. The van der Waals surface area contributed by atoms with E-state index in [9.17, 15) is 9.18 Å². The van der Waals surface area contributed by atoms with Crippen LogP contribution in [0.1, 0.15) is 62.4 Å². The maximum Gasteiger partial charge on any atom is 0.338 e. The molecule has 0 unspecified atom stereocenters. The maximum atomic E-state index is 13.6. The lowest BCUT2D eigenvalue weighted by molar-refractivity contribution is 0.0692. The third kappa shape index (κ3) is 6.25. The summed E-state index contributed by atoms with van der Waals surface area (Å²) in [6.07, 6.45) is 4.87. The van der Waals surface area contributed by atoms with E-state index in [1.807, 2.05) is 0 Å². The highest BCUT2D eigenvalue weighted by molar-refractivity contribution is 5.87. The minimum Gasteiger partial charge on any atom is -0.478 e. The van der Waals surface area contributed by atoms with Crippen molar-refractivity contribution in [1.82, 2.24) is 5.32 Å². The van der Waals surface area contributed by atoms with Crippen molar-refractivity contribution in [2.45, 2.75) is 53.0 Å². The number of nitrogens with one attached hydrogen (secondary N) is 1. The van der Waals surface area contributed by atoms with Gasteiger partial charge in [0.15, 0.2) is 0 Å². The maximum absolute atomic E-state index is 13.6. The molecule has 0 aliphatic heterocycles. The zero-order valence-corrected chi connectivity index (χ0v) is 13.2. The first-order valence-corrected chi connectivity index (χ1v) is 7.58. The zero-order chi connectivity index (χ0) is 15.9. The van der Waals surface area contributed by atoms with Gasteiger partial charge in [0.05, 0.1) is 5.56 Å². The van der Waals surface area contributed by atoms with Crippen LogP contribution in [0.4, 0.5) is 4.39 Å². The van der Waals surface area contributed by atoms with Crippen LogP contribution in [0, 0.1) is 11.2 Å². The molecule has 0 heterocycles. The molecule has 0 radical (unpaired) electrons. The molecule has 0 saturated carbocycles. The standard InChI is InChI=1S/C17H26FNO2/c1-4-5-6-9-17(2,3)12-19-11-13-7-8-14(16(20)21)15(18)10-13/h7-8,10,19H,4-6,9,11-12H2,1-3H3,(H,20,21). The van der Waals surface area contributed by atoms with Gasteiger partial charge in [-0.25, -0.2) is 9.18 Å². The monoisotopic (exact) mass is 295 g/mol. The first-order chi connectivity index (χ1) is 9.85. The van der Waals surface area contributed by atoms with Gasteiger partial charge >= 0.3 is 5.97 Å². The van der Waals surface area contributed by atoms with Crippen molar-refractivity contribution in [3.05, 3.63) is 35.1 Å². The van der Waals surface area contributed by atoms with Crippen LogP contribution in [0.25, 0.3) is 0 Å². The van der Waals surface area contributed by atoms with Crippen LogP contribution in [0.2, 0.25) is 0 Å². The molecule has 1 aromatic rings. The Labute approximate surface area is 126 Å². The lowest BCUT2D eigenvalue weighted by Crippen LogP contribution is -2.29. The third-order valence-electron chi connectivity index (χ3n) is 3.65. The average molecular weight is 295 g/mol. The number of rotatable bonds is 9. The number of hydrogen-bond donors (Lipinski definition) is 2. The molecule has 0 spiro atoms. The average Bonchev–Trinajstić information content (AvgIpc) is 2.38. The smallest absolute Gasteiger partial charge is 0.338 e. The summed E-state index contributed by atoms with van der Waals surface area (Å²) >= 11 is 0. The van der Waals surface area contributed by atoms with E-state index < -0.39 is 11.8 Å². The van der Waals surface area contributed by atoms with Crippen molar-refractivity contribution in [2.75, 3.05) is 6.54 Å². The first-order valence-electron chi connectivity index (χ1n) is 7.58. The van der Waals surface area contributed by atoms with Crippen LogP contribution in [0.5, 0.6) is 0 Å². The number of carboxylic acid groups (broad SMARTS) is 1. The van der Waals surface area contributed by atoms with Gasteiger partial charge in [-0.2, -0.15) is 0 Å². The van der Waals surface area contributed by atoms with E-state index in [-0.39, 0.29) is 11.0 Å². The first kappa shape index (κ1) is 17.6. The molecular weight excluding hydrogens is 269 g/mol. The summed E-state index contributed by atoms with van der Waals surface area (Å²) in [7, 11) is 0. The van der Waals surface area contributed by atoms with Gasteiger partial charge in [-0.15, -0.1) is 0 Å². The molecule has 1 aromatic carbocycles. The highest BCUT2D eigenvalue weighted by Gasteiger charge is 2.17. The topological polar surface area (TPSA) is 49.3 Å². The van der Waals surface area contributed by atoms with Gasteiger partial charge in [0, 0.05) is 13.1 Å². The molecule has 0 aliphatic rings. The fourth-order valence-electron chi connectivity index (χ4n) is 2.33. The van der Waals surface area contributed by atoms with E-state index >= 15 is 0 Å². The number of carbonyl (C=O) groups is 1. The van der Waals surface area contributed by atoms with E-state index in [4.69, 9.17) is 5.11 Å². The van der Waals surface area contributed by atoms with Crippen LogP contribution < -0.4 is 5.32 Å². The van der Waals surface area contributed by atoms with E-state index in [0.29, 0.717) is 6.54 Å². The Hall–Kier alpha value is -1.42. The van der Waals surface area contributed by atoms with Crippen LogP contribution >= 0.6 is 0 Å². The van der Waals surface area contributed by atoms with Crippen molar-refractivity contribution in [1.29, 1.82) is 0 Å². The van der Waals surface area contributed by atoms with E-state index in [1.54, 1.807) is 6.07 Å². The quantitative estimate of drug-likeness (QED) is 0.671. The van der Waals surface area contributed by atoms with Gasteiger partial charge in [-0.3, -0.25) is 0 Å². The molecule has 118 valence electrons. The summed E-state index contributed by atoms with van der Waals surface area (Å²) < 4.78 is 13.6.